The number of benzene rings is 1. The van der Waals surface area contributed by atoms with Gasteiger partial charge in [0.1, 0.15) is 5.75 Å². The topological polar surface area (TPSA) is 29.5 Å². The van der Waals surface area contributed by atoms with E-state index in [0.29, 0.717) is 24.4 Å². The normalized spacial score (nSPS) is 20.4. The van der Waals surface area contributed by atoms with Gasteiger partial charge in [-0.15, -0.1) is 0 Å². The summed E-state index contributed by atoms with van der Waals surface area (Å²) in [6.07, 6.45) is 24.7. The van der Waals surface area contributed by atoms with Crippen LogP contribution in [0.4, 0.5) is 0 Å². The van der Waals surface area contributed by atoms with Gasteiger partial charge < -0.3 is 9.84 Å². The number of ether oxygens (including phenoxy) is 1. The van der Waals surface area contributed by atoms with Gasteiger partial charge >= 0.3 is 0 Å². The van der Waals surface area contributed by atoms with E-state index < -0.39 is 0 Å². The first-order valence-electron chi connectivity index (χ1n) is 12.4. The number of hydrogen-bond acceptors (Lipinski definition) is 2. The third kappa shape index (κ3) is 8.68. The van der Waals surface area contributed by atoms with Crippen LogP contribution in [0, 0.1) is 11.8 Å². The minimum atomic E-state index is 0.312. The summed E-state index contributed by atoms with van der Waals surface area (Å²) >= 11 is 0. The molecule has 1 fully saturated rings. The quantitative estimate of drug-likeness (QED) is 0.235. The Morgan fingerprint density at radius 3 is 2.40 bits per heavy atom. The number of unbranched alkanes of at least 4 members (excludes halogenated alkanes) is 7. The number of hydrogen-bond donors (Lipinski definition) is 1. The van der Waals surface area contributed by atoms with Crippen molar-refractivity contribution in [2.45, 2.75) is 89.9 Å². The van der Waals surface area contributed by atoms with Crippen molar-refractivity contribution >= 4 is 0 Å². The maximum Gasteiger partial charge on any atom is 0.118 e. The number of allylic oxidation sites excluding steroid dienone is 4. The first-order chi connectivity index (χ1) is 14.8. The van der Waals surface area contributed by atoms with Gasteiger partial charge in [0.25, 0.3) is 0 Å². The van der Waals surface area contributed by atoms with E-state index in [1.807, 2.05) is 0 Å². The van der Waals surface area contributed by atoms with E-state index in [2.05, 4.69) is 55.5 Å². The lowest BCUT2D eigenvalue weighted by Gasteiger charge is -2.26. The summed E-state index contributed by atoms with van der Waals surface area (Å²) in [5, 5.41) is 8.97. The van der Waals surface area contributed by atoms with E-state index in [9.17, 15) is 0 Å². The van der Waals surface area contributed by atoms with Gasteiger partial charge in [-0.2, -0.15) is 0 Å². The second-order valence-electron chi connectivity index (χ2n) is 8.84. The first-order valence-corrected chi connectivity index (χ1v) is 12.4. The van der Waals surface area contributed by atoms with Gasteiger partial charge in [-0.1, -0.05) is 75.5 Å². The third-order valence-electron chi connectivity index (χ3n) is 6.57. The third-order valence-corrected chi connectivity index (χ3v) is 6.57. The molecule has 1 aliphatic carbocycles. The molecule has 0 spiro atoms. The molecule has 30 heavy (non-hydrogen) atoms. The van der Waals surface area contributed by atoms with Crippen molar-refractivity contribution in [2.75, 3.05) is 13.7 Å². The summed E-state index contributed by atoms with van der Waals surface area (Å²) in [6.45, 7) is 2.59. The lowest BCUT2D eigenvalue weighted by Crippen LogP contribution is -2.15. The number of rotatable bonds is 15. The van der Waals surface area contributed by atoms with Crippen LogP contribution in [0.3, 0.4) is 0 Å². The van der Waals surface area contributed by atoms with Crippen LogP contribution in [-0.4, -0.2) is 18.8 Å². The molecule has 1 saturated carbocycles. The summed E-state index contributed by atoms with van der Waals surface area (Å²) < 4.78 is 5.38. The highest BCUT2D eigenvalue weighted by molar-refractivity contribution is 5.32. The fraction of sp³-hybridized carbons (Fsp3) is 0.643. The molecule has 2 nitrogen and oxygen atoms in total. The molecule has 168 valence electrons. The molecular formula is C28H44O2. The van der Waals surface area contributed by atoms with Crippen LogP contribution >= 0.6 is 0 Å². The van der Waals surface area contributed by atoms with Crippen molar-refractivity contribution in [3.05, 3.63) is 54.1 Å². The predicted molar refractivity (Wildman–Crippen MR) is 129 cm³/mol. The van der Waals surface area contributed by atoms with E-state index in [1.165, 1.54) is 56.9 Å². The zero-order valence-corrected chi connectivity index (χ0v) is 19.4. The molecule has 1 N–H and O–H groups in total. The molecule has 0 bridgehead atoms. The maximum absolute atomic E-state index is 8.97. The van der Waals surface area contributed by atoms with Crippen molar-refractivity contribution in [3.8, 4) is 5.75 Å². The second kappa shape index (κ2) is 15.3. The molecule has 0 saturated heterocycles. The Kier molecular flexibility index (Phi) is 12.6. The molecule has 0 amide bonds. The number of methoxy groups -OCH3 is 1. The molecule has 1 aliphatic rings. The van der Waals surface area contributed by atoms with Gasteiger partial charge in [-0.3, -0.25) is 0 Å². The minimum absolute atomic E-state index is 0.312. The highest BCUT2D eigenvalue weighted by Gasteiger charge is 2.31. The highest BCUT2D eigenvalue weighted by Crippen LogP contribution is 2.43. The lowest BCUT2D eigenvalue weighted by atomic mass is 9.79. The Bertz CT molecular complexity index is 602. The number of aliphatic hydroxyl groups excluding tert-OH is 1. The molecule has 0 aromatic heterocycles. The summed E-state index contributed by atoms with van der Waals surface area (Å²) in [7, 11) is 1.73. The molecule has 1 unspecified atom stereocenters. The maximum atomic E-state index is 8.97. The molecule has 0 radical (unpaired) electrons. The zero-order chi connectivity index (χ0) is 21.4. The van der Waals surface area contributed by atoms with Gasteiger partial charge in [0, 0.05) is 12.5 Å². The molecule has 3 atom stereocenters. The van der Waals surface area contributed by atoms with E-state index in [0.717, 1.165) is 31.4 Å². The summed E-state index contributed by atoms with van der Waals surface area (Å²) in [5.41, 5.74) is 1.41. The smallest absolute Gasteiger partial charge is 0.118 e. The van der Waals surface area contributed by atoms with E-state index in [4.69, 9.17) is 9.84 Å². The van der Waals surface area contributed by atoms with Crippen molar-refractivity contribution in [2.24, 2.45) is 11.8 Å². The second-order valence-corrected chi connectivity index (χ2v) is 8.84. The van der Waals surface area contributed by atoms with Crippen molar-refractivity contribution < 1.29 is 9.84 Å². The molecule has 0 aliphatic heterocycles. The van der Waals surface area contributed by atoms with E-state index in [-0.39, 0.29) is 0 Å². The van der Waals surface area contributed by atoms with Gasteiger partial charge in [0.2, 0.25) is 0 Å². The van der Waals surface area contributed by atoms with Crippen LogP contribution in [-0.2, 0) is 0 Å². The average molecular weight is 413 g/mol. The van der Waals surface area contributed by atoms with E-state index in [1.54, 1.807) is 7.11 Å². The predicted octanol–water partition coefficient (Wildman–Crippen LogP) is 7.83. The Hall–Kier alpha value is -1.54. The summed E-state index contributed by atoms with van der Waals surface area (Å²) in [6, 6.07) is 8.71. The van der Waals surface area contributed by atoms with Crippen LogP contribution in [0.15, 0.2) is 48.6 Å². The van der Waals surface area contributed by atoms with Crippen molar-refractivity contribution in [1.82, 2.24) is 0 Å². The van der Waals surface area contributed by atoms with Gasteiger partial charge in [0.15, 0.2) is 0 Å². The molecular weight excluding hydrogens is 368 g/mol. The van der Waals surface area contributed by atoms with Crippen LogP contribution < -0.4 is 4.74 Å². The molecule has 2 rings (SSSR count). The van der Waals surface area contributed by atoms with Crippen molar-refractivity contribution in [1.29, 1.82) is 0 Å². The summed E-state index contributed by atoms with van der Waals surface area (Å²) in [5.74, 6) is 2.80. The Morgan fingerprint density at radius 2 is 1.70 bits per heavy atom. The lowest BCUT2D eigenvalue weighted by molar-refractivity contribution is 0.283. The standard InChI is InChI=1S/C28H44O2/c1-3-4-5-6-8-11-15-24-16-14-18-28(24)27(17-12-9-7-10-13-23-29)25-19-21-26(30-2)22-20-25/h11-12,15,17,19-22,24,27-29H,3-10,13-14,16,18,23H2,1-2H3/t24-,27?,28-/m0/s1. The monoisotopic (exact) mass is 412 g/mol. The van der Waals surface area contributed by atoms with Crippen molar-refractivity contribution in [3.63, 3.8) is 0 Å². The van der Waals surface area contributed by atoms with Crippen LogP contribution in [0.1, 0.15) is 95.5 Å². The Morgan fingerprint density at radius 1 is 0.967 bits per heavy atom. The largest absolute Gasteiger partial charge is 0.497 e. The number of aliphatic hydroxyl groups is 1. The van der Waals surface area contributed by atoms with Gasteiger partial charge in [0.05, 0.1) is 7.11 Å². The van der Waals surface area contributed by atoms with Gasteiger partial charge in [-0.05, 0) is 74.5 Å². The fourth-order valence-corrected chi connectivity index (χ4v) is 4.78. The Labute approximate surface area is 185 Å². The van der Waals surface area contributed by atoms with Crippen LogP contribution in [0.2, 0.25) is 0 Å². The average Bonchev–Trinajstić information content (AvgIpc) is 3.24. The SMILES string of the molecule is CCCCCCC=C[C@H]1CCC[C@@H]1C(C=CCCCCCO)c1ccc(OC)cc1. The first kappa shape index (κ1) is 24.7. The Balaban J connectivity index is 2.03. The van der Waals surface area contributed by atoms with Crippen LogP contribution in [0.5, 0.6) is 5.75 Å². The van der Waals surface area contributed by atoms with E-state index >= 15 is 0 Å². The zero-order valence-electron chi connectivity index (χ0n) is 19.4. The molecule has 0 heterocycles. The molecule has 1 aromatic carbocycles. The van der Waals surface area contributed by atoms with Gasteiger partial charge in [-0.25, -0.2) is 0 Å². The highest BCUT2D eigenvalue weighted by atomic mass is 16.5. The fourth-order valence-electron chi connectivity index (χ4n) is 4.78. The summed E-state index contributed by atoms with van der Waals surface area (Å²) in [4.78, 5) is 0. The molecule has 1 aromatic rings. The van der Waals surface area contributed by atoms with Crippen LogP contribution in [0.25, 0.3) is 0 Å². The minimum Gasteiger partial charge on any atom is -0.497 e. The molecule has 2 heteroatoms.